The van der Waals surface area contributed by atoms with Crippen molar-refractivity contribution in [2.24, 2.45) is 0 Å². The highest BCUT2D eigenvalue weighted by Crippen LogP contribution is 2.18. The van der Waals surface area contributed by atoms with Crippen molar-refractivity contribution in [3.63, 3.8) is 0 Å². The van der Waals surface area contributed by atoms with Crippen molar-refractivity contribution in [2.75, 3.05) is 13.7 Å². The van der Waals surface area contributed by atoms with E-state index in [0.29, 0.717) is 6.04 Å². The van der Waals surface area contributed by atoms with Crippen molar-refractivity contribution in [3.8, 4) is 0 Å². The van der Waals surface area contributed by atoms with Crippen LogP contribution in [0.25, 0.3) is 11.0 Å². The minimum Gasteiger partial charge on any atom is -0.464 e. The molecule has 0 fully saturated rings. The normalized spacial score (nSPS) is 13.1. The number of furan rings is 1. The van der Waals surface area contributed by atoms with Crippen molar-refractivity contribution in [1.82, 2.24) is 5.32 Å². The monoisotopic (exact) mass is 219 g/mol. The van der Waals surface area contributed by atoms with Crippen molar-refractivity contribution >= 4 is 11.0 Å². The number of hydrogen-bond donors (Lipinski definition) is 2. The largest absolute Gasteiger partial charge is 0.464 e. The van der Waals surface area contributed by atoms with Crippen LogP contribution in [0.3, 0.4) is 0 Å². The van der Waals surface area contributed by atoms with E-state index in [2.05, 4.69) is 23.5 Å². The van der Waals surface area contributed by atoms with E-state index in [1.165, 1.54) is 5.56 Å². The molecule has 0 aliphatic rings. The lowest BCUT2D eigenvalue weighted by Gasteiger charge is -2.14. The molecular formula is C13H17NO2. The molecule has 86 valence electrons. The maximum absolute atomic E-state index is 8.93. The average Bonchev–Trinajstić information content (AvgIpc) is 2.75. The number of benzene rings is 1. The number of aliphatic hydroxyl groups excluding tert-OH is 1. The quantitative estimate of drug-likeness (QED) is 0.808. The summed E-state index contributed by atoms with van der Waals surface area (Å²) >= 11 is 0. The molecule has 2 N–H and O–H groups in total. The van der Waals surface area contributed by atoms with E-state index in [-0.39, 0.29) is 6.61 Å². The molecule has 0 bridgehead atoms. The van der Waals surface area contributed by atoms with E-state index < -0.39 is 0 Å². The Hall–Kier alpha value is -1.32. The van der Waals surface area contributed by atoms with Gasteiger partial charge in [-0.05, 0) is 37.6 Å². The highest BCUT2D eigenvalue weighted by molar-refractivity contribution is 5.77. The fourth-order valence-corrected chi connectivity index (χ4v) is 1.91. The molecule has 0 amide bonds. The van der Waals surface area contributed by atoms with Gasteiger partial charge in [-0.25, -0.2) is 0 Å². The summed E-state index contributed by atoms with van der Waals surface area (Å²) in [4.78, 5) is 0. The van der Waals surface area contributed by atoms with Crippen molar-refractivity contribution in [3.05, 3.63) is 36.1 Å². The lowest BCUT2D eigenvalue weighted by molar-refractivity contribution is 0.267. The van der Waals surface area contributed by atoms with Crippen LogP contribution in [0.4, 0.5) is 0 Å². The fraction of sp³-hybridized carbons (Fsp3) is 0.385. The number of fused-ring (bicyclic) bond motifs is 1. The van der Waals surface area contributed by atoms with Crippen molar-refractivity contribution in [2.45, 2.75) is 18.9 Å². The summed E-state index contributed by atoms with van der Waals surface area (Å²) in [5, 5.41) is 13.3. The van der Waals surface area contributed by atoms with Gasteiger partial charge in [-0.1, -0.05) is 12.1 Å². The third-order valence-corrected chi connectivity index (χ3v) is 2.89. The minimum atomic E-state index is 0.217. The smallest absolute Gasteiger partial charge is 0.134 e. The van der Waals surface area contributed by atoms with Crippen LogP contribution in [-0.4, -0.2) is 24.8 Å². The van der Waals surface area contributed by atoms with Crippen LogP contribution in [0.5, 0.6) is 0 Å². The van der Waals surface area contributed by atoms with Gasteiger partial charge in [0.2, 0.25) is 0 Å². The van der Waals surface area contributed by atoms with Crippen LogP contribution in [-0.2, 0) is 6.42 Å². The highest BCUT2D eigenvalue weighted by atomic mass is 16.3. The molecule has 1 atom stereocenters. The zero-order chi connectivity index (χ0) is 11.4. The molecule has 1 aromatic carbocycles. The summed E-state index contributed by atoms with van der Waals surface area (Å²) in [5.74, 6) is 0. The Balaban J connectivity index is 2.13. The van der Waals surface area contributed by atoms with Crippen molar-refractivity contribution in [1.29, 1.82) is 0 Å². The average molecular weight is 219 g/mol. The minimum absolute atomic E-state index is 0.217. The molecule has 0 saturated heterocycles. The summed E-state index contributed by atoms with van der Waals surface area (Å²) in [6.45, 7) is 0.217. The van der Waals surface area contributed by atoms with Gasteiger partial charge in [-0.15, -0.1) is 0 Å². The second-order valence-corrected chi connectivity index (χ2v) is 3.99. The first kappa shape index (κ1) is 11.2. The van der Waals surface area contributed by atoms with Gasteiger partial charge in [0.15, 0.2) is 0 Å². The zero-order valence-corrected chi connectivity index (χ0v) is 9.44. The molecule has 0 saturated carbocycles. The molecule has 16 heavy (non-hydrogen) atoms. The number of hydrogen-bond acceptors (Lipinski definition) is 3. The number of rotatable bonds is 5. The first-order valence-electron chi connectivity index (χ1n) is 5.57. The Morgan fingerprint density at radius 1 is 1.38 bits per heavy atom. The summed E-state index contributed by atoms with van der Waals surface area (Å²) in [6, 6.07) is 8.52. The predicted molar refractivity (Wildman–Crippen MR) is 64.5 cm³/mol. The second-order valence-electron chi connectivity index (χ2n) is 3.99. The lowest BCUT2D eigenvalue weighted by Crippen LogP contribution is -2.28. The van der Waals surface area contributed by atoms with E-state index >= 15 is 0 Å². The molecule has 0 radical (unpaired) electrons. The third-order valence-electron chi connectivity index (χ3n) is 2.89. The number of likely N-dealkylation sites (N-methyl/N-ethyl adjacent to an activating group) is 1. The van der Waals surface area contributed by atoms with Gasteiger partial charge in [0.1, 0.15) is 5.58 Å². The maximum Gasteiger partial charge on any atom is 0.134 e. The lowest BCUT2D eigenvalue weighted by atomic mass is 10.0. The molecule has 1 unspecified atom stereocenters. The molecule has 2 rings (SSSR count). The molecule has 1 heterocycles. The van der Waals surface area contributed by atoms with Crippen LogP contribution >= 0.6 is 0 Å². The number of nitrogens with one attached hydrogen (secondary N) is 1. The van der Waals surface area contributed by atoms with Crippen LogP contribution in [0.1, 0.15) is 12.0 Å². The summed E-state index contributed by atoms with van der Waals surface area (Å²) in [5.41, 5.74) is 2.16. The first-order valence-corrected chi connectivity index (χ1v) is 5.57. The Bertz CT molecular complexity index is 450. The summed E-state index contributed by atoms with van der Waals surface area (Å²) < 4.78 is 5.36. The van der Waals surface area contributed by atoms with Gasteiger partial charge >= 0.3 is 0 Å². The summed E-state index contributed by atoms with van der Waals surface area (Å²) in [7, 11) is 1.92. The van der Waals surface area contributed by atoms with Crippen LogP contribution in [0.2, 0.25) is 0 Å². The molecule has 1 aromatic heterocycles. The fourth-order valence-electron chi connectivity index (χ4n) is 1.91. The van der Waals surface area contributed by atoms with Gasteiger partial charge in [-0.2, -0.15) is 0 Å². The van der Waals surface area contributed by atoms with E-state index in [0.717, 1.165) is 23.8 Å². The molecule has 3 nitrogen and oxygen atoms in total. The predicted octanol–water partition coefficient (Wildman–Crippen LogP) is 1.95. The van der Waals surface area contributed by atoms with E-state index in [1.807, 2.05) is 13.1 Å². The van der Waals surface area contributed by atoms with E-state index in [9.17, 15) is 0 Å². The molecule has 0 aliphatic carbocycles. The molecule has 3 heteroatoms. The van der Waals surface area contributed by atoms with E-state index in [4.69, 9.17) is 9.52 Å². The number of aliphatic hydroxyl groups is 1. The Morgan fingerprint density at radius 3 is 3.00 bits per heavy atom. The standard InChI is InChI=1S/C13H17NO2/c1-14-12(4-6-15)8-10-2-3-11-5-7-16-13(11)9-10/h2-3,5,7,9,12,14-15H,4,6,8H2,1H3. The van der Waals surface area contributed by atoms with E-state index in [1.54, 1.807) is 6.26 Å². The van der Waals surface area contributed by atoms with Gasteiger partial charge in [0, 0.05) is 18.0 Å². The zero-order valence-electron chi connectivity index (χ0n) is 9.44. The molecular weight excluding hydrogens is 202 g/mol. The third kappa shape index (κ3) is 2.43. The SMILES string of the molecule is CNC(CCO)Cc1ccc2ccoc2c1. The van der Waals surface area contributed by atoms with Gasteiger partial charge in [0.25, 0.3) is 0 Å². The maximum atomic E-state index is 8.93. The molecule has 0 spiro atoms. The van der Waals surface area contributed by atoms with Crippen LogP contribution in [0.15, 0.2) is 34.9 Å². The Kier molecular flexibility index (Phi) is 3.59. The Morgan fingerprint density at radius 2 is 2.25 bits per heavy atom. The van der Waals surface area contributed by atoms with Gasteiger partial charge in [-0.3, -0.25) is 0 Å². The van der Waals surface area contributed by atoms with Crippen LogP contribution in [0, 0.1) is 0 Å². The Labute approximate surface area is 95.1 Å². The van der Waals surface area contributed by atoms with Crippen molar-refractivity contribution < 1.29 is 9.52 Å². The van der Waals surface area contributed by atoms with Gasteiger partial charge in [0.05, 0.1) is 6.26 Å². The molecule has 2 aromatic rings. The van der Waals surface area contributed by atoms with Gasteiger partial charge < -0.3 is 14.8 Å². The first-order chi connectivity index (χ1) is 7.83. The molecule has 0 aliphatic heterocycles. The topological polar surface area (TPSA) is 45.4 Å². The second kappa shape index (κ2) is 5.14. The highest BCUT2D eigenvalue weighted by Gasteiger charge is 2.07. The van der Waals surface area contributed by atoms with Crippen LogP contribution < -0.4 is 5.32 Å². The summed E-state index contributed by atoms with van der Waals surface area (Å²) in [6.07, 6.45) is 3.39.